The Morgan fingerprint density at radius 2 is 1.85 bits per heavy atom. The summed E-state index contributed by atoms with van der Waals surface area (Å²) in [5.74, 6) is -0.766. The molecule has 0 heterocycles. The van der Waals surface area contributed by atoms with Gasteiger partial charge in [0.2, 0.25) is 5.91 Å². The molecule has 0 bridgehead atoms. The average molecular weight is 277 g/mol. The molecule has 1 aromatic rings. The van der Waals surface area contributed by atoms with E-state index in [1.165, 1.54) is 5.56 Å². The van der Waals surface area contributed by atoms with Crippen molar-refractivity contribution in [2.45, 2.75) is 39.5 Å². The molecule has 4 heteroatoms. The summed E-state index contributed by atoms with van der Waals surface area (Å²) in [7, 11) is 0. The standard InChI is InChI=1S/C16H23NO3/c1-11(2)10-13-6-4-5-7-14(13)12(3)16(20)17-9-8-15(18)19/h4-7,11-12H,8-10H2,1-3H3,(H,17,20)(H,18,19)/t12-/m1/s1. The van der Waals surface area contributed by atoms with Gasteiger partial charge in [0, 0.05) is 6.54 Å². The number of amides is 1. The van der Waals surface area contributed by atoms with Crippen molar-refractivity contribution in [3.8, 4) is 0 Å². The van der Waals surface area contributed by atoms with Gasteiger partial charge in [-0.2, -0.15) is 0 Å². The highest BCUT2D eigenvalue weighted by molar-refractivity contribution is 5.84. The molecule has 1 aromatic carbocycles. The first kappa shape index (κ1) is 16.2. The zero-order chi connectivity index (χ0) is 15.1. The zero-order valence-corrected chi connectivity index (χ0v) is 12.3. The molecule has 0 aromatic heterocycles. The van der Waals surface area contributed by atoms with Crippen LogP contribution in [0.25, 0.3) is 0 Å². The predicted molar refractivity (Wildman–Crippen MR) is 78.7 cm³/mol. The molecule has 0 radical (unpaired) electrons. The Morgan fingerprint density at radius 1 is 1.20 bits per heavy atom. The van der Waals surface area contributed by atoms with Crippen molar-refractivity contribution >= 4 is 11.9 Å². The number of carbonyl (C=O) groups excluding carboxylic acids is 1. The molecule has 1 atom stereocenters. The van der Waals surface area contributed by atoms with Gasteiger partial charge in [-0.3, -0.25) is 9.59 Å². The summed E-state index contributed by atoms with van der Waals surface area (Å²) in [6.07, 6.45) is 0.884. The summed E-state index contributed by atoms with van der Waals surface area (Å²) in [6.45, 7) is 6.32. The minimum Gasteiger partial charge on any atom is -0.481 e. The Hall–Kier alpha value is -1.84. The Labute approximate surface area is 120 Å². The highest BCUT2D eigenvalue weighted by Gasteiger charge is 2.18. The highest BCUT2D eigenvalue weighted by atomic mass is 16.4. The van der Waals surface area contributed by atoms with Crippen molar-refractivity contribution in [1.29, 1.82) is 0 Å². The van der Waals surface area contributed by atoms with E-state index in [1.807, 2.05) is 25.1 Å². The van der Waals surface area contributed by atoms with Gasteiger partial charge in [0.1, 0.15) is 0 Å². The fourth-order valence-electron chi connectivity index (χ4n) is 2.17. The van der Waals surface area contributed by atoms with Crippen molar-refractivity contribution in [3.05, 3.63) is 35.4 Å². The van der Waals surface area contributed by atoms with Gasteiger partial charge in [-0.15, -0.1) is 0 Å². The lowest BCUT2D eigenvalue weighted by molar-refractivity contribution is -0.136. The van der Waals surface area contributed by atoms with Crippen LogP contribution < -0.4 is 5.32 Å². The van der Waals surface area contributed by atoms with E-state index in [0.29, 0.717) is 5.92 Å². The van der Waals surface area contributed by atoms with E-state index in [2.05, 4.69) is 25.2 Å². The molecule has 0 spiro atoms. The van der Waals surface area contributed by atoms with Gasteiger partial charge in [-0.25, -0.2) is 0 Å². The molecule has 0 aliphatic carbocycles. The lowest BCUT2D eigenvalue weighted by Crippen LogP contribution is -2.30. The fraction of sp³-hybridized carbons (Fsp3) is 0.500. The topological polar surface area (TPSA) is 66.4 Å². The van der Waals surface area contributed by atoms with E-state index in [-0.39, 0.29) is 24.8 Å². The van der Waals surface area contributed by atoms with Gasteiger partial charge < -0.3 is 10.4 Å². The molecule has 0 aliphatic heterocycles. The van der Waals surface area contributed by atoms with Crippen molar-refractivity contribution in [2.75, 3.05) is 6.54 Å². The minimum atomic E-state index is -0.904. The second kappa shape index (κ2) is 7.68. The van der Waals surface area contributed by atoms with Gasteiger partial charge in [0.15, 0.2) is 0 Å². The Morgan fingerprint density at radius 3 is 2.45 bits per heavy atom. The molecule has 0 aliphatic rings. The molecule has 1 amide bonds. The third kappa shape index (κ3) is 5.03. The van der Waals surface area contributed by atoms with Crippen LogP contribution in [0.5, 0.6) is 0 Å². The van der Waals surface area contributed by atoms with E-state index in [0.717, 1.165) is 12.0 Å². The number of carboxylic acids is 1. The molecule has 0 saturated heterocycles. The lowest BCUT2D eigenvalue weighted by atomic mass is 9.90. The number of rotatable bonds is 7. The highest BCUT2D eigenvalue weighted by Crippen LogP contribution is 2.22. The molecule has 0 fully saturated rings. The molecular weight excluding hydrogens is 254 g/mol. The fourth-order valence-corrected chi connectivity index (χ4v) is 2.17. The second-order valence-corrected chi connectivity index (χ2v) is 5.45. The summed E-state index contributed by atoms with van der Waals surface area (Å²) in [6, 6.07) is 7.94. The first-order valence-electron chi connectivity index (χ1n) is 6.99. The van der Waals surface area contributed by atoms with Gasteiger partial charge in [-0.1, -0.05) is 38.1 Å². The van der Waals surface area contributed by atoms with Crippen LogP contribution in [-0.4, -0.2) is 23.5 Å². The average Bonchev–Trinajstić information content (AvgIpc) is 2.37. The Balaban J connectivity index is 2.73. The smallest absolute Gasteiger partial charge is 0.305 e. The molecule has 20 heavy (non-hydrogen) atoms. The summed E-state index contributed by atoms with van der Waals surface area (Å²) >= 11 is 0. The summed E-state index contributed by atoms with van der Waals surface area (Å²) in [5.41, 5.74) is 2.21. The quantitative estimate of drug-likeness (QED) is 0.805. The van der Waals surface area contributed by atoms with Crippen LogP contribution in [0, 0.1) is 5.92 Å². The van der Waals surface area contributed by atoms with E-state index in [4.69, 9.17) is 5.11 Å². The maximum atomic E-state index is 12.1. The minimum absolute atomic E-state index is 0.0495. The van der Waals surface area contributed by atoms with Crippen LogP contribution in [0.3, 0.4) is 0 Å². The van der Waals surface area contributed by atoms with Crippen molar-refractivity contribution in [3.63, 3.8) is 0 Å². The molecule has 0 saturated carbocycles. The number of hydrogen-bond acceptors (Lipinski definition) is 2. The summed E-state index contributed by atoms with van der Waals surface area (Å²) in [4.78, 5) is 22.5. The number of aliphatic carboxylic acids is 1. The number of hydrogen-bond donors (Lipinski definition) is 2. The van der Waals surface area contributed by atoms with Crippen LogP contribution >= 0.6 is 0 Å². The molecular formula is C16H23NO3. The molecule has 4 nitrogen and oxygen atoms in total. The maximum Gasteiger partial charge on any atom is 0.305 e. The molecule has 1 rings (SSSR count). The lowest BCUT2D eigenvalue weighted by Gasteiger charge is -2.17. The van der Waals surface area contributed by atoms with Gasteiger partial charge in [0.25, 0.3) is 0 Å². The van der Waals surface area contributed by atoms with E-state index >= 15 is 0 Å². The first-order valence-corrected chi connectivity index (χ1v) is 6.99. The van der Waals surface area contributed by atoms with Gasteiger partial charge in [0.05, 0.1) is 12.3 Å². The van der Waals surface area contributed by atoms with E-state index in [9.17, 15) is 9.59 Å². The van der Waals surface area contributed by atoms with Gasteiger partial charge in [-0.05, 0) is 30.4 Å². The van der Waals surface area contributed by atoms with Crippen molar-refractivity contribution in [1.82, 2.24) is 5.32 Å². The SMILES string of the molecule is CC(C)Cc1ccccc1[C@@H](C)C(=O)NCCC(=O)O. The maximum absolute atomic E-state index is 12.1. The van der Waals surface area contributed by atoms with Crippen molar-refractivity contribution in [2.24, 2.45) is 5.92 Å². The monoisotopic (exact) mass is 277 g/mol. The summed E-state index contributed by atoms with van der Waals surface area (Å²) in [5, 5.41) is 11.2. The van der Waals surface area contributed by atoms with Gasteiger partial charge >= 0.3 is 5.97 Å². The molecule has 110 valence electrons. The van der Waals surface area contributed by atoms with Crippen LogP contribution in [0.2, 0.25) is 0 Å². The zero-order valence-electron chi connectivity index (χ0n) is 12.3. The van der Waals surface area contributed by atoms with E-state index in [1.54, 1.807) is 0 Å². The van der Waals surface area contributed by atoms with Crippen LogP contribution in [0.15, 0.2) is 24.3 Å². The van der Waals surface area contributed by atoms with E-state index < -0.39 is 5.97 Å². The Bertz CT molecular complexity index is 469. The molecule has 0 unspecified atom stereocenters. The normalized spacial score (nSPS) is 12.2. The predicted octanol–water partition coefficient (Wildman–Crippen LogP) is 2.58. The van der Waals surface area contributed by atoms with Crippen LogP contribution in [0.1, 0.15) is 44.2 Å². The number of carbonyl (C=O) groups is 2. The second-order valence-electron chi connectivity index (χ2n) is 5.45. The third-order valence-electron chi connectivity index (χ3n) is 3.18. The number of nitrogens with one attached hydrogen (secondary N) is 1. The molecule has 2 N–H and O–H groups in total. The van der Waals surface area contributed by atoms with Crippen LogP contribution in [0.4, 0.5) is 0 Å². The third-order valence-corrected chi connectivity index (χ3v) is 3.18. The first-order chi connectivity index (χ1) is 9.41. The largest absolute Gasteiger partial charge is 0.481 e. The number of carboxylic acid groups (broad SMARTS) is 1. The Kier molecular flexibility index (Phi) is 6.22. The van der Waals surface area contributed by atoms with Crippen molar-refractivity contribution < 1.29 is 14.7 Å². The number of benzene rings is 1. The summed E-state index contributed by atoms with van der Waals surface area (Å²) < 4.78 is 0. The van der Waals surface area contributed by atoms with Crippen LogP contribution in [-0.2, 0) is 16.0 Å².